The molecule has 0 heterocycles. The Bertz CT molecular complexity index is 61.5. The SMILES string of the molecule is N/C=C/CCCCO. The van der Waals surface area contributed by atoms with Gasteiger partial charge in [0.2, 0.25) is 0 Å². The number of rotatable bonds is 4. The van der Waals surface area contributed by atoms with E-state index in [2.05, 4.69) is 0 Å². The highest BCUT2D eigenvalue weighted by molar-refractivity contribution is 4.74. The Labute approximate surface area is 50.0 Å². The van der Waals surface area contributed by atoms with Gasteiger partial charge in [0.25, 0.3) is 0 Å². The summed E-state index contributed by atoms with van der Waals surface area (Å²) in [6.45, 7) is 0.290. The van der Waals surface area contributed by atoms with Crippen molar-refractivity contribution in [3.05, 3.63) is 12.3 Å². The number of hydrogen-bond donors (Lipinski definition) is 2. The summed E-state index contributed by atoms with van der Waals surface area (Å²) in [4.78, 5) is 0. The standard InChI is InChI=1S/C6H13NO/c7-5-3-1-2-4-6-8/h3,5,8H,1-2,4,6-7H2/b5-3+. The van der Waals surface area contributed by atoms with Gasteiger partial charge in [0.15, 0.2) is 0 Å². The van der Waals surface area contributed by atoms with E-state index in [0.29, 0.717) is 6.61 Å². The summed E-state index contributed by atoms with van der Waals surface area (Å²) < 4.78 is 0. The number of aliphatic hydroxyl groups is 1. The third-order valence-electron chi connectivity index (χ3n) is 0.915. The van der Waals surface area contributed by atoms with E-state index < -0.39 is 0 Å². The van der Waals surface area contributed by atoms with E-state index in [1.807, 2.05) is 6.08 Å². The predicted octanol–water partition coefficient (Wildman–Crippen LogP) is 0.621. The molecule has 48 valence electrons. The van der Waals surface area contributed by atoms with E-state index in [1.54, 1.807) is 0 Å². The molecule has 0 aromatic rings. The van der Waals surface area contributed by atoms with Crippen LogP contribution in [0.4, 0.5) is 0 Å². The first-order valence-electron chi connectivity index (χ1n) is 2.89. The quantitative estimate of drug-likeness (QED) is 0.528. The molecular weight excluding hydrogens is 102 g/mol. The molecule has 0 aliphatic rings. The highest BCUT2D eigenvalue weighted by Crippen LogP contribution is 1.93. The van der Waals surface area contributed by atoms with Crippen molar-refractivity contribution in [1.82, 2.24) is 0 Å². The van der Waals surface area contributed by atoms with Crippen LogP contribution in [0.3, 0.4) is 0 Å². The van der Waals surface area contributed by atoms with Crippen LogP contribution in [0, 0.1) is 0 Å². The predicted molar refractivity (Wildman–Crippen MR) is 34.3 cm³/mol. The molecule has 3 N–H and O–H groups in total. The molecule has 0 saturated heterocycles. The first-order chi connectivity index (χ1) is 3.91. The lowest BCUT2D eigenvalue weighted by Gasteiger charge is -1.88. The van der Waals surface area contributed by atoms with Crippen molar-refractivity contribution in [3.8, 4) is 0 Å². The third-order valence-corrected chi connectivity index (χ3v) is 0.915. The van der Waals surface area contributed by atoms with E-state index in [-0.39, 0.29) is 0 Å². The van der Waals surface area contributed by atoms with E-state index in [0.717, 1.165) is 19.3 Å². The van der Waals surface area contributed by atoms with Crippen molar-refractivity contribution in [1.29, 1.82) is 0 Å². The topological polar surface area (TPSA) is 46.2 Å². The molecule has 0 aromatic carbocycles. The maximum absolute atomic E-state index is 8.31. The minimum Gasteiger partial charge on any atom is -0.405 e. The van der Waals surface area contributed by atoms with Gasteiger partial charge in [0.1, 0.15) is 0 Å². The van der Waals surface area contributed by atoms with Crippen molar-refractivity contribution < 1.29 is 5.11 Å². The normalized spacial score (nSPS) is 10.6. The van der Waals surface area contributed by atoms with Gasteiger partial charge in [-0.15, -0.1) is 0 Å². The number of hydrogen-bond acceptors (Lipinski definition) is 2. The van der Waals surface area contributed by atoms with Gasteiger partial charge in [-0.05, 0) is 25.5 Å². The van der Waals surface area contributed by atoms with Crippen molar-refractivity contribution in [2.24, 2.45) is 5.73 Å². The van der Waals surface area contributed by atoms with Gasteiger partial charge in [-0.2, -0.15) is 0 Å². The maximum Gasteiger partial charge on any atom is 0.0431 e. The molecule has 0 spiro atoms. The summed E-state index contributed by atoms with van der Waals surface area (Å²) in [6.07, 6.45) is 6.33. The fourth-order valence-corrected chi connectivity index (χ4v) is 0.470. The lowest BCUT2D eigenvalue weighted by molar-refractivity contribution is 0.285. The molecule has 0 bridgehead atoms. The molecule has 0 aliphatic carbocycles. The second-order valence-electron chi connectivity index (χ2n) is 1.65. The lowest BCUT2D eigenvalue weighted by Crippen LogP contribution is -1.81. The van der Waals surface area contributed by atoms with Crippen LogP contribution < -0.4 is 5.73 Å². The number of allylic oxidation sites excluding steroid dienone is 1. The smallest absolute Gasteiger partial charge is 0.0431 e. The van der Waals surface area contributed by atoms with Gasteiger partial charge in [-0.1, -0.05) is 6.08 Å². The molecule has 0 rings (SSSR count). The van der Waals surface area contributed by atoms with E-state index in [1.165, 1.54) is 6.20 Å². The van der Waals surface area contributed by atoms with Crippen molar-refractivity contribution in [3.63, 3.8) is 0 Å². The highest BCUT2D eigenvalue weighted by atomic mass is 16.2. The van der Waals surface area contributed by atoms with Crippen LogP contribution in [0.25, 0.3) is 0 Å². The molecule has 2 nitrogen and oxygen atoms in total. The molecule has 0 aromatic heterocycles. The Morgan fingerprint density at radius 3 is 2.62 bits per heavy atom. The summed E-state index contributed by atoms with van der Waals surface area (Å²) in [5.74, 6) is 0. The Morgan fingerprint density at radius 1 is 1.38 bits per heavy atom. The summed E-state index contributed by atoms with van der Waals surface area (Å²) >= 11 is 0. The lowest BCUT2D eigenvalue weighted by atomic mass is 10.2. The second kappa shape index (κ2) is 6.50. The second-order valence-corrected chi connectivity index (χ2v) is 1.65. The molecule has 0 unspecified atom stereocenters. The molecule has 0 fully saturated rings. The van der Waals surface area contributed by atoms with Gasteiger partial charge >= 0.3 is 0 Å². The van der Waals surface area contributed by atoms with Gasteiger partial charge in [-0.3, -0.25) is 0 Å². The van der Waals surface area contributed by atoms with Crippen LogP contribution in [0.2, 0.25) is 0 Å². The fraction of sp³-hybridized carbons (Fsp3) is 0.667. The van der Waals surface area contributed by atoms with Crippen molar-refractivity contribution in [2.75, 3.05) is 6.61 Å². The number of aliphatic hydroxyl groups excluding tert-OH is 1. The Kier molecular flexibility index (Phi) is 6.09. The summed E-state index contributed by atoms with van der Waals surface area (Å²) in [7, 11) is 0. The fourth-order valence-electron chi connectivity index (χ4n) is 0.470. The average molecular weight is 115 g/mol. The first-order valence-corrected chi connectivity index (χ1v) is 2.89. The van der Waals surface area contributed by atoms with E-state index >= 15 is 0 Å². The first kappa shape index (κ1) is 7.50. The Balaban J connectivity index is 2.72. The maximum atomic E-state index is 8.31. The Hall–Kier alpha value is -0.500. The summed E-state index contributed by atoms with van der Waals surface area (Å²) in [5, 5.41) is 8.31. The molecule has 2 heteroatoms. The largest absolute Gasteiger partial charge is 0.405 e. The van der Waals surface area contributed by atoms with E-state index in [4.69, 9.17) is 10.8 Å². The van der Waals surface area contributed by atoms with Crippen LogP contribution in [-0.4, -0.2) is 11.7 Å². The highest BCUT2D eigenvalue weighted by Gasteiger charge is 1.79. The van der Waals surface area contributed by atoms with Gasteiger partial charge < -0.3 is 10.8 Å². The minimum absolute atomic E-state index is 0.290. The third kappa shape index (κ3) is 5.50. The van der Waals surface area contributed by atoms with Gasteiger partial charge in [0.05, 0.1) is 0 Å². The number of unbranched alkanes of at least 4 members (excludes halogenated alkanes) is 2. The molecular formula is C6H13NO. The Morgan fingerprint density at radius 2 is 2.12 bits per heavy atom. The molecule has 0 saturated carbocycles. The summed E-state index contributed by atoms with van der Waals surface area (Å²) in [6, 6.07) is 0. The zero-order valence-electron chi connectivity index (χ0n) is 5.01. The summed E-state index contributed by atoms with van der Waals surface area (Å²) in [5.41, 5.74) is 5.07. The zero-order valence-corrected chi connectivity index (χ0v) is 5.01. The molecule has 8 heavy (non-hydrogen) atoms. The minimum atomic E-state index is 0.290. The number of nitrogens with two attached hydrogens (primary N) is 1. The molecule has 0 aliphatic heterocycles. The molecule has 0 radical (unpaired) electrons. The van der Waals surface area contributed by atoms with Gasteiger partial charge in [-0.25, -0.2) is 0 Å². The zero-order chi connectivity index (χ0) is 6.24. The van der Waals surface area contributed by atoms with Crippen LogP contribution in [-0.2, 0) is 0 Å². The van der Waals surface area contributed by atoms with Crippen LogP contribution in [0.5, 0.6) is 0 Å². The molecule has 0 atom stereocenters. The molecule has 0 amide bonds. The van der Waals surface area contributed by atoms with Crippen molar-refractivity contribution in [2.45, 2.75) is 19.3 Å². The van der Waals surface area contributed by atoms with Crippen molar-refractivity contribution >= 4 is 0 Å². The van der Waals surface area contributed by atoms with Crippen LogP contribution in [0.15, 0.2) is 12.3 Å². The monoisotopic (exact) mass is 115 g/mol. The van der Waals surface area contributed by atoms with Gasteiger partial charge in [0, 0.05) is 6.61 Å². The van der Waals surface area contributed by atoms with Crippen LogP contribution in [0.1, 0.15) is 19.3 Å². The van der Waals surface area contributed by atoms with Crippen LogP contribution >= 0.6 is 0 Å². The average Bonchev–Trinajstić information content (AvgIpc) is 1.81. The van der Waals surface area contributed by atoms with E-state index in [9.17, 15) is 0 Å².